The summed E-state index contributed by atoms with van der Waals surface area (Å²) >= 11 is 12.4. The number of nitrogen functional groups attached to an aromatic ring is 1. The topological polar surface area (TPSA) is 77.2 Å². The van der Waals surface area contributed by atoms with Crippen LogP contribution in [0.25, 0.3) is 11.4 Å². The standard InChI is InChI=1S/C14H17Cl2N5O/c1-8-18-13(20-14(17)19-8)9-6-12(11(16)7-10(9)15)22-5-4-21(2)3/h6-7H,4-5H2,1-3H3,(H2,17,18,19,20). The zero-order valence-corrected chi connectivity index (χ0v) is 14.1. The zero-order chi connectivity index (χ0) is 16.3. The molecule has 0 aliphatic heterocycles. The Labute approximate surface area is 139 Å². The molecule has 0 unspecified atom stereocenters. The highest BCUT2D eigenvalue weighted by Gasteiger charge is 2.14. The first-order valence-electron chi connectivity index (χ1n) is 6.62. The van der Waals surface area contributed by atoms with Crippen LogP contribution in [-0.2, 0) is 0 Å². The molecule has 1 heterocycles. The Morgan fingerprint density at radius 3 is 2.50 bits per heavy atom. The minimum Gasteiger partial charge on any atom is -0.491 e. The van der Waals surface area contributed by atoms with Gasteiger partial charge in [0.25, 0.3) is 0 Å². The van der Waals surface area contributed by atoms with E-state index < -0.39 is 0 Å². The average molecular weight is 342 g/mol. The molecule has 2 N–H and O–H groups in total. The highest BCUT2D eigenvalue weighted by molar-refractivity contribution is 6.37. The van der Waals surface area contributed by atoms with Crippen molar-refractivity contribution in [3.8, 4) is 17.1 Å². The summed E-state index contributed by atoms with van der Waals surface area (Å²) in [6.45, 7) is 3.01. The fraction of sp³-hybridized carbons (Fsp3) is 0.357. The van der Waals surface area contributed by atoms with Gasteiger partial charge < -0.3 is 15.4 Å². The van der Waals surface area contributed by atoms with Gasteiger partial charge in [0, 0.05) is 12.1 Å². The molecule has 1 aromatic carbocycles. The first-order valence-corrected chi connectivity index (χ1v) is 7.37. The van der Waals surface area contributed by atoms with Crippen molar-refractivity contribution in [2.45, 2.75) is 6.92 Å². The van der Waals surface area contributed by atoms with E-state index in [-0.39, 0.29) is 5.95 Å². The second-order valence-corrected chi connectivity index (χ2v) is 5.79. The molecule has 0 aliphatic rings. The first-order chi connectivity index (χ1) is 10.4. The molecule has 0 fully saturated rings. The lowest BCUT2D eigenvalue weighted by Gasteiger charge is -2.13. The first kappa shape index (κ1) is 16.7. The van der Waals surface area contributed by atoms with Crippen LogP contribution >= 0.6 is 23.2 Å². The summed E-state index contributed by atoms with van der Waals surface area (Å²) in [6, 6.07) is 3.33. The van der Waals surface area contributed by atoms with Gasteiger partial charge in [-0.3, -0.25) is 0 Å². The van der Waals surface area contributed by atoms with Gasteiger partial charge in [0.15, 0.2) is 5.82 Å². The Morgan fingerprint density at radius 2 is 1.86 bits per heavy atom. The lowest BCUT2D eigenvalue weighted by Crippen LogP contribution is -2.19. The molecule has 1 aromatic heterocycles. The summed E-state index contributed by atoms with van der Waals surface area (Å²) in [6.07, 6.45) is 0. The van der Waals surface area contributed by atoms with Gasteiger partial charge in [-0.1, -0.05) is 23.2 Å². The predicted octanol–water partition coefficient (Wildman–Crippen LogP) is 2.68. The van der Waals surface area contributed by atoms with E-state index in [1.165, 1.54) is 0 Å². The number of halogens is 2. The van der Waals surface area contributed by atoms with Crippen LogP contribution < -0.4 is 10.5 Å². The van der Waals surface area contributed by atoms with Gasteiger partial charge in [-0.05, 0) is 33.2 Å². The number of nitrogens with two attached hydrogens (primary N) is 1. The van der Waals surface area contributed by atoms with E-state index in [4.69, 9.17) is 33.7 Å². The van der Waals surface area contributed by atoms with E-state index in [0.29, 0.717) is 39.6 Å². The summed E-state index contributed by atoms with van der Waals surface area (Å²) in [7, 11) is 3.93. The van der Waals surface area contributed by atoms with Crippen molar-refractivity contribution in [1.29, 1.82) is 0 Å². The Morgan fingerprint density at radius 1 is 1.14 bits per heavy atom. The maximum atomic E-state index is 6.24. The van der Waals surface area contributed by atoms with Crippen molar-refractivity contribution >= 4 is 29.2 Å². The third kappa shape index (κ3) is 4.19. The van der Waals surface area contributed by atoms with Gasteiger partial charge >= 0.3 is 0 Å². The van der Waals surface area contributed by atoms with Crippen LogP contribution in [0.2, 0.25) is 10.0 Å². The molecule has 0 amide bonds. The smallest absolute Gasteiger partial charge is 0.223 e. The second-order valence-electron chi connectivity index (χ2n) is 4.98. The maximum Gasteiger partial charge on any atom is 0.223 e. The van der Waals surface area contributed by atoms with Crippen molar-refractivity contribution in [3.05, 3.63) is 28.0 Å². The summed E-state index contributed by atoms with van der Waals surface area (Å²) in [5.74, 6) is 1.58. The summed E-state index contributed by atoms with van der Waals surface area (Å²) < 4.78 is 5.69. The van der Waals surface area contributed by atoms with Crippen LogP contribution in [-0.4, -0.2) is 47.1 Å². The molecule has 2 rings (SSSR count). The van der Waals surface area contributed by atoms with Crippen molar-refractivity contribution in [1.82, 2.24) is 19.9 Å². The number of aromatic nitrogens is 3. The summed E-state index contributed by atoms with van der Waals surface area (Å²) in [5.41, 5.74) is 6.26. The van der Waals surface area contributed by atoms with Gasteiger partial charge in [-0.2, -0.15) is 9.97 Å². The molecule has 0 spiro atoms. The van der Waals surface area contributed by atoms with E-state index in [1.54, 1.807) is 19.1 Å². The summed E-state index contributed by atoms with van der Waals surface area (Å²) in [4.78, 5) is 14.3. The van der Waals surface area contributed by atoms with E-state index in [9.17, 15) is 0 Å². The lowest BCUT2D eigenvalue weighted by molar-refractivity contribution is 0.261. The number of rotatable bonds is 5. The van der Waals surface area contributed by atoms with Gasteiger partial charge in [-0.15, -0.1) is 0 Å². The van der Waals surface area contributed by atoms with Crippen LogP contribution in [0.15, 0.2) is 12.1 Å². The van der Waals surface area contributed by atoms with E-state index in [1.807, 2.05) is 19.0 Å². The molecule has 0 bridgehead atoms. The minimum atomic E-state index is 0.142. The Kier molecular flexibility index (Phi) is 5.39. The molecular weight excluding hydrogens is 325 g/mol. The number of anilines is 1. The third-order valence-electron chi connectivity index (χ3n) is 2.82. The molecule has 2 aromatic rings. The second kappa shape index (κ2) is 7.09. The van der Waals surface area contributed by atoms with E-state index >= 15 is 0 Å². The Hall–Kier alpha value is -1.63. The third-order valence-corrected chi connectivity index (χ3v) is 3.43. The number of hydrogen-bond acceptors (Lipinski definition) is 6. The maximum absolute atomic E-state index is 6.24. The average Bonchev–Trinajstić information content (AvgIpc) is 2.39. The molecule has 0 saturated carbocycles. The van der Waals surface area contributed by atoms with Crippen molar-refractivity contribution < 1.29 is 4.74 Å². The molecule has 6 nitrogen and oxygen atoms in total. The highest BCUT2D eigenvalue weighted by Crippen LogP contribution is 2.35. The van der Waals surface area contributed by atoms with Crippen LogP contribution in [0.1, 0.15) is 5.82 Å². The van der Waals surface area contributed by atoms with E-state index in [0.717, 1.165) is 6.54 Å². The quantitative estimate of drug-likeness (QED) is 0.900. The number of nitrogens with zero attached hydrogens (tertiary/aromatic N) is 4. The number of benzene rings is 1. The Bertz CT molecular complexity index is 658. The molecule has 0 saturated heterocycles. The molecule has 118 valence electrons. The SMILES string of the molecule is Cc1nc(N)nc(-c2cc(OCCN(C)C)c(Cl)cc2Cl)n1. The molecule has 8 heteroatoms. The number of likely N-dealkylation sites (N-methyl/N-ethyl adjacent to an activating group) is 1. The summed E-state index contributed by atoms with van der Waals surface area (Å²) in [5, 5.41) is 0.862. The molecule has 22 heavy (non-hydrogen) atoms. The predicted molar refractivity (Wildman–Crippen MR) is 88.5 cm³/mol. The Balaban J connectivity index is 2.35. The monoisotopic (exact) mass is 341 g/mol. The molecule has 0 atom stereocenters. The lowest BCUT2D eigenvalue weighted by atomic mass is 10.2. The molecular formula is C14H17Cl2N5O. The largest absolute Gasteiger partial charge is 0.491 e. The molecule has 0 aliphatic carbocycles. The van der Waals surface area contributed by atoms with Crippen LogP contribution in [0, 0.1) is 6.92 Å². The van der Waals surface area contributed by atoms with Crippen LogP contribution in [0.4, 0.5) is 5.95 Å². The number of ether oxygens (including phenoxy) is 1. The van der Waals surface area contributed by atoms with Crippen LogP contribution in [0.3, 0.4) is 0 Å². The van der Waals surface area contributed by atoms with E-state index in [2.05, 4.69) is 15.0 Å². The fourth-order valence-corrected chi connectivity index (χ4v) is 2.29. The zero-order valence-electron chi connectivity index (χ0n) is 12.6. The van der Waals surface area contributed by atoms with Gasteiger partial charge in [0.1, 0.15) is 18.2 Å². The normalized spacial score (nSPS) is 11.0. The minimum absolute atomic E-state index is 0.142. The number of hydrogen-bond donors (Lipinski definition) is 1. The van der Waals surface area contributed by atoms with Gasteiger partial charge in [0.05, 0.1) is 10.0 Å². The van der Waals surface area contributed by atoms with Gasteiger partial charge in [0.2, 0.25) is 5.95 Å². The van der Waals surface area contributed by atoms with Gasteiger partial charge in [-0.25, -0.2) is 4.98 Å². The fourth-order valence-electron chi connectivity index (χ4n) is 1.77. The molecule has 0 radical (unpaired) electrons. The van der Waals surface area contributed by atoms with Crippen molar-refractivity contribution in [2.24, 2.45) is 0 Å². The highest BCUT2D eigenvalue weighted by atomic mass is 35.5. The van der Waals surface area contributed by atoms with Crippen molar-refractivity contribution in [3.63, 3.8) is 0 Å². The number of aryl methyl sites for hydroxylation is 1. The van der Waals surface area contributed by atoms with Crippen LogP contribution in [0.5, 0.6) is 5.75 Å². The van der Waals surface area contributed by atoms with Crippen molar-refractivity contribution in [2.75, 3.05) is 33.0 Å².